The van der Waals surface area contributed by atoms with Crippen molar-refractivity contribution in [2.75, 3.05) is 5.32 Å². The van der Waals surface area contributed by atoms with E-state index in [1.807, 2.05) is 12.1 Å². The summed E-state index contributed by atoms with van der Waals surface area (Å²) in [5, 5.41) is 2.48. The van der Waals surface area contributed by atoms with Gasteiger partial charge in [0, 0.05) is 6.92 Å². The molecule has 1 N–H and O–H groups in total. The van der Waals surface area contributed by atoms with Gasteiger partial charge >= 0.3 is 0 Å². The molecular formula is C14H10N2O3. The number of nitrogens with one attached hydrogen (secondary N) is 1. The lowest BCUT2D eigenvalue weighted by Crippen LogP contribution is -2.17. The van der Waals surface area contributed by atoms with Crippen molar-refractivity contribution < 1.29 is 9.21 Å². The van der Waals surface area contributed by atoms with Crippen molar-refractivity contribution >= 4 is 22.7 Å². The molecule has 2 aliphatic rings. The Hall–Kier alpha value is -2.69. The number of carbonyl (C=O) groups excluding carboxylic acids is 1. The lowest BCUT2D eigenvalue weighted by atomic mass is 10.2. The molecule has 0 radical (unpaired) electrons. The number of aromatic nitrogens is 1. The van der Waals surface area contributed by atoms with Crippen LogP contribution in [0.5, 0.6) is 0 Å². The van der Waals surface area contributed by atoms with E-state index in [4.69, 9.17) is 4.42 Å². The minimum Gasteiger partial charge on any atom is -0.453 e. The molecule has 1 aliphatic carbocycles. The van der Waals surface area contributed by atoms with Crippen LogP contribution in [0.2, 0.25) is 0 Å². The van der Waals surface area contributed by atoms with Gasteiger partial charge in [-0.15, -0.1) is 0 Å². The molecule has 1 heterocycles. The molecule has 0 saturated heterocycles. The molecular weight excluding hydrogens is 244 g/mol. The highest BCUT2D eigenvalue weighted by atomic mass is 16.3. The molecule has 5 heteroatoms. The molecule has 1 amide bonds. The first-order valence-corrected chi connectivity index (χ1v) is 5.75. The van der Waals surface area contributed by atoms with Crippen LogP contribution < -0.4 is 10.7 Å². The molecule has 0 fully saturated rings. The Kier molecular flexibility index (Phi) is 2.52. The Labute approximate surface area is 108 Å². The van der Waals surface area contributed by atoms with Gasteiger partial charge in [0.05, 0.1) is 5.69 Å². The molecule has 0 spiro atoms. The third-order valence-corrected chi connectivity index (χ3v) is 2.72. The van der Waals surface area contributed by atoms with Crippen LogP contribution in [0.1, 0.15) is 6.92 Å². The third-order valence-electron chi connectivity index (χ3n) is 2.72. The molecule has 0 bridgehead atoms. The van der Waals surface area contributed by atoms with Gasteiger partial charge in [0.2, 0.25) is 11.3 Å². The van der Waals surface area contributed by atoms with Crippen molar-refractivity contribution in [2.45, 2.75) is 6.92 Å². The van der Waals surface area contributed by atoms with Gasteiger partial charge in [-0.25, -0.2) is 4.98 Å². The molecule has 1 aliphatic heterocycles. The van der Waals surface area contributed by atoms with Crippen LogP contribution in [0.25, 0.3) is 22.6 Å². The van der Waals surface area contributed by atoms with Crippen LogP contribution in [0.4, 0.5) is 5.69 Å². The fraction of sp³-hybridized carbons (Fsp3) is 0.0714. The zero-order valence-electron chi connectivity index (χ0n) is 10.1. The minimum absolute atomic E-state index is 0.206. The summed E-state index contributed by atoms with van der Waals surface area (Å²) < 4.78 is 5.61. The van der Waals surface area contributed by atoms with Crippen molar-refractivity contribution in [1.29, 1.82) is 0 Å². The second-order valence-electron chi connectivity index (χ2n) is 4.15. The minimum atomic E-state index is -0.345. The van der Waals surface area contributed by atoms with Crippen LogP contribution in [0.3, 0.4) is 0 Å². The van der Waals surface area contributed by atoms with E-state index >= 15 is 0 Å². The summed E-state index contributed by atoms with van der Waals surface area (Å²) in [6, 6.07) is 10.4. The smallest absolute Gasteiger partial charge is 0.231 e. The van der Waals surface area contributed by atoms with E-state index in [-0.39, 0.29) is 22.7 Å². The molecule has 19 heavy (non-hydrogen) atoms. The Morgan fingerprint density at radius 2 is 2.00 bits per heavy atom. The van der Waals surface area contributed by atoms with E-state index in [9.17, 15) is 9.59 Å². The summed E-state index contributed by atoms with van der Waals surface area (Å²) >= 11 is 0. The van der Waals surface area contributed by atoms with Crippen LogP contribution in [-0.4, -0.2) is 10.9 Å². The summed E-state index contributed by atoms with van der Waals surface area (Å²) in [5.74, 6) is 0.104. The number of carbonyl (C=O) groups is 1. The number of nitrogens with zero attached hydrogens (tertiary/aromatic N) is 1. The summed E-state index contributed by atoms with van der Waals surface area (Å²) in [4.78, 5) is 27.5. The molecule has 1 aromatic rings. The van der Waals surface area contributed by atoms with E-state index in [1.54, 1.807) is 18.2 Å². The van der Waals surface area contributed by atoms with E-state index in [2.05, 4.69) is 10.3 Å². The van der Waals surface area contributed by atoms with Gasteiger partial charge in [0.15, 0.2) is 17.0 Å². The van der Waals surface area contributed by atoms with Crippen molar-refractivity contribution in [3.63, 3.8) is 0 Å². The Morgan fingerprint density at radius 1 is 1.21 bits per heavy atom. The number of fused-ring (bicyclic) bond motifs is 2. The van der Waals surface area contributed by atoms with Gasteiger partial charge in [-0.2, -0.15) is 0 Å². The molecule has 0 unspecified atom stereocenters. The molecule has 94 valence electrons. The number of hydrogen-bond acceptors (Lipinski definition) is 4. The number of benzene rings is 2. The SMILES string of the molecule is CC(=O)Nc1ccc2oc3ccccc3nc-2c1=O. The molecule has 5 nitrogen and oxygen atoms in total. The van der Waals surface area contributed by atoms with Gasteiger partial charge in [0.25, 0.3) is 0 Å². The lowest BCUT2D eigenvalue weighted by molar-refractivity contribution is -0.114. The van der Waals surface area contributed by atoms with Gasteiger partial charge in [0.1, 0.15) is 5.52 Å². The van der Waals surface area contributed by atoms with E-state index < -0.39 is 0 Å². The molecule has 0 atom stereocenters. The van der Waals surface area contributed by atoms with Crippen LogP contribution in [0.15, 0.2) is 45.6 Å². The average molecular weight is 254 g/mol. The standard InChI is InChI=1S/C14H10N2O3/c1-8(17)15-10-6-7-12-13(14(10)18)16-9-4-2-3-5-11(9)19-12/h2-7H,1H3,(H,15,17). The van der Waals surface area contributed by atoms with E-state index in [0.29, 0.717) is 16.9 Å². The number of hydrogen-bond donors (Lipinski definition) is 1. The van der Waals surface area contributed by atoms with E-state index in [0.717, 1.165) is 0 Å². The largest absolute Gasteiger partial charge is 0.453 e. The van der Waals surface area contributed by atoms with Crippen molar-refractivity contribution in [3.05, 3.63) is 46.6 Å². The van der Waals surface area contributed by atoms with Crippen LogP contribution in [0, 0.1) is 0 Å². The summed E-state index contributed by atoms with van der Waals surface area (Å²) in [6.45, 7) is 1.35. The van der Waals surface area contributed by atoms with Crippen molar-refractivity contribution in [1.82, 2.24) is 4.98 Å². The normalized spacial score (nSPS) is 10.8. The number of amides is 1. The second kappa shape index (κ2) is 4.20. The van der Waals surface area contributed by atoms with Gasteiger partial charge in [-0.1, -0.05) is 12.1 Å². The average Bonchev–Trinajstić information content (AvgIpc) is 2.40. The van der Waals surface area contributed by atoms with Crippen molar-refractivity contribution in [2.24, 2.45) is 0 Å². The molecule has 0 saturated carbocycles. The maximum Gasteiger partial charge on any atom is 0.231 e. The molecule has 3 rings (SSSR count). The third kappa shape index (κ3) is 1.95. The Morgan fingerprint density at radius 3 is 2.79 bits per heavy atom. The number of rotatable bonds is 1. The summed E-state index contributed by atoms with van der Waals surface area (Å²) in [7, 11) is 0. The van der Waals surface area contributed by atoms with Gasteiger partial charge < -0.3 is 9.73 Å². The van der Waals surface area contributed by atoms with Crippen LogP contribution >= 0.6 is 0 Å². The Balaban J connectivity index is 2.30. The number of para-hydroxylation sites is 2. The highest BCUT2D eigenvalue weighted by Gasteiger charge is 2.15. The molecule has 1 aromatic carbocycles. The van der Waals surface area contributed by atoms with Crippen LogP contribution in [-0.2, 0) is 4.79 Å². The monoisotopic (exact) mass is 254 g/mol. The topological polar surface area (TPSA) is 72.2 Å². The first-order chi connectivity index (χ1) is 9.15. The van der Waals surface area contributed by atoms with Gasteiger partial charge in [-0.05, 0) is 24.3 Å². The zero-order valence-corrected chi connectivity index (χ0v) is 10.1. The highest BCUT2D eigenvalue weighted by molar-refractivity contribution is 5.89. The van der Waals surface area contributed by atoms with Gasteiger partial charge in [-0.3, -0.25) is 9.59 Å². The number of anilines is 1. The fourth-order valence-corrected chi connectivity index (χ4v) is 1.90. The highest BCUT2D eigenvalue weighted by Crippen LogP contribution is 2.23. The maximum absolute atomic E-state index is 12.2. The van der Waals surface area contributed by atoms with E-state index in [1.165, 1.54) is 13.0 Å². The molecule has 0 aromatic heterocycles. The second-order valence-corrected chi connectivity index (χ2v) is 4.15. The predicted octanol–water partition coefficient (Wildman–Crippen LogP) is 2.25. The fourth-order valence-electron chi connectivity index (χ4n) is 1.90. The maximum atomic E-state index is 12.2. The Bertz CT molecular complexity index is 807. The summed E-state index contributed by atoms with van der Waals surface area (Å²) in [6.07, 6.45) is 0. The predicted molar refractivity (Wildman–Crippen MR) is 71.2 cm³/mol. The quantitative estimate of drug-likeness (QED) is 0.676. The first kappa shape index (κ1) is 11.4. The lowest BCUT2D eigenvalue weighted by Gasteiger charge is -2.07. The van der Waals surface area contributed by atoms with Crippen molar-refractivity contribution in [3.8, 4) is 11.5 Å². The summed E-state index contributed by atoms with van der Waals surface area (Å²) in [5.41, 5.74) is 1.29. The zero-order chi connectivity index (χ0) is 13.4. The first-order valence-electron chi connectivity index (χ1n) is 5.75.